The third-order valence-corrected chi connectivity index (χ3v) is 4.27. The van der Waals surface area contributed by atoms with E-state index in [0.717, 1.165) is 12.4 Å². The smallest absolute Gasteiger partial charge is 0.338 e. The van der Waals surface area contributed by atoms with Crippen molar-refractivity contribution in [2.75, 3.05) is 6.54 Å². The molecular weight excluding hydrogens is 300 g/mol. The van der Waals surface area contributed by atoms with E-state index in [-0.39, 0.29) is 27.2 Å². The summed E-state index contributed by atoms with van der Waals surface area (Å²) in [5, 5.41) is 22.0. The van der Waals surface area contributed by atoms with Crippen LogP contribution in [0.4, 0.5) is 0 Å². The summed E-state index contributed by atoms with van der Waals surface area (Å²) >= 11 is 0. The number of sulfonamides is 1. The van der Waals surface area contributed by atoms with Crippen molar-refractivity contribution in [1.29, 1.82) is 0 Å². The fourth-order valence-electron chi connectivity index (χ4n) is 1.54. The first-order chi connectivity index (χ1) is 9.86. The van der Waals surface area contributed by atoms with Gasteiger partial charge in [0, 0.05) is 18.9 Å². The number of hydrogen-bond donors (Lipinski definition) is 2. The van der Waals surface area contributed by atoms with Crippen LogP contribution < -0.4 is 0 Å². The van der Waals surface area contributed by atoms with Gasteiger partial charge in [0.15, 0.2) is 0 Å². The molecule has 0 aliphatic rings. The van der Waals surface area contributed by atoms with Crippen LogP contribution in [0.25, 0.3) is 5.69 Å². The highest BCUT2D eigenvalue weighted by atomic mass is 32.2. The second kappa shape index (κ2) is 5.60. The molecule has 0 spiro atoms. The molecule has 0 aromatic carbocycles. The van der Waals surface area contributed by atoms with Gasteiger partial charge in [-0.05, 0) is 13.0 Å². The predicted octanol–water partition coefficient (Wildman–Crippen LogP) is 0.365. The highest BCUT2D eigenvalue weighted by Crippen LogP contribution is 2.16. The maximum Gasteiger partial charge on any atom is 0.338 e. The minimum absolute atomic E-state index is 0.0411. The van der Waals surface area contributed by atoms with Crippen LogP contribution in [-0.4, -0.2) is 50.5 Å². The van der Waals surface area contributed by atoms with Gasteiger partial charge < -0.3 is 5.11 Å². The lowest BCUT2D eigenvalue weighted by atomic mass is 10.4. The fraction of sp³-hybridized carbons (Fsp3) is 0.182. The Morgan fingerprint density at radius 3 is 2.67 bits per heavy atom. The Morgan fingerprint density at radius 1 is 1.38 bits per heavy atom. The number of pyridine rings is 1. The van der Waals surface area contributed by atoms with Crippen LogP contribution in [0.1, 0.15) is 17.3 Å². The van der Waals surface area contributed by atoms with E-state index in [1.165, 1.54) is 30.1 Å². The molecule has 2 aromatic heterocycles. The lowest BCUT2D eigenvalue weighted by Gasteiger charge is -2.13. The summed E-state index contributed by atoms with van der Waals surface area (Å²) in [7, 11) is -4.06. The van der Waals surface area contributed by atoms with E-state index in [1.807, 2.05) is 0 Å². The molecule has 2 heterocycles. The summed E-state index contributed by atoms with van der Waals surface area (Å²) in [4.78, 5) is 14.3. The quantitative estimate of drug-likeness (QED) is 0.763. The molecule has 0 amide bonds. The van der Waals surface area contributed by atoms with Gasteiger partial charge in [-0.1, -0.05) is 4.47 Å². The molecule has 0 fully saturated rings. The first-order valence-electron chi connectivity index (χ1n) is 5.81. The zero-order valence-corrected chi connectivity index (χ0v) is 11.7. The van der Waals surface area contributed by atoms with Crippen molar-refractivity contribution in [3.63, 3.8) is 0 Å². The van der Waals surface area contributed by atoms with Gasteiger partial charge in [0.25, 0.3) is 10.0 Å². The highest BCUT2D eigenvalue weighted by molar-refractivity contribution is 7.89. The van der Waals surface area contributed by atoms with Gasteiger partial charge in [0.1, 0.15) is 4.90 Å². The van der Waals surface area contributed by atoms with E-state index in [2.05, 4.69) is 10.1 Å². The molecule has 0 saturated carbocycles. The Morgan fingerprint density at radius 2 is 2.10 bits per heavy atom. The normalized spacial score (nSPS) is 11.8. The molecule has 0 aliphatic heterocycles. The Bertz CT molecular complexity index is 770. The van der Waals surface area contributed by atoms with E-state index in [9.17, 15) is 18.4 Å². The van der Waals surface area contributed by atoms with E-state index in [0.29, 0.717) is 0 Å². The van der Waals surface area contributed by atoms with Gasteiger partial charge in [-0.15, -0.1) is 0 Å². The first kappa shape index (κ1) is 15.1. The number of hydroxylamine groups is 1. The van der Waals surface area contributed by atoms with Crippen LogP contribution in [0.15, 0.2) is 35.7 Å². The van der Waals surface area contributed by atoms with Crippen LogP contribution >= 0.6 is 0 Å². The van der Waals surface area contributed by atoms with Gasteiger partial charge in [0.05, 0.1) is 23.6 Å². The van der Waals surface area contributed by atoms with E-state index >= 15 is 0 Å². The number of carboxylic acids is 1. The molecule has 0 bridgehead atoms. The van der Waals surface area contributed by atoms with Crippen molar-refractivity contribution in [1.82, 2.24) is 19.2 Å². The molecule has 112 valence electrons. The first-order valence-corrected chi connectivity index (χ1v) is 7.25. The van der Waals surface area contributed by atoms with Gasteiger partial charge in [-0.3, -0.25) is 10.2 Å². The van der Waals surface area contributed by atoms with Crippen LogP contribution in [0.5, 0.6) is 0 Å². The lowest BCUT2D eigenvalue weighted by Crippen LogP contribution is -2.27. The molecular formula is C11H12N4O5S. The summed E-state index contributed by atoms with van der Waals surface area (Å²) in [5.74, 6) is -1.15. The summed E-state index contributed by atoms with van der Waals surface area (Å²) in [6.45, 7) is 1.36. The second-order valence-electron chi connectivity index (χ2n) is 4.00. The van der Waals surface area contributed by atoms with Crippen molar-refractivity contribution in [2.45, 2.75) is 11.8 Å². The third-order valence-electron chi connectivity index (χ3n) is 2.64. The monoisotopic (exact) mass is 312 g/mol. The van der Waals surface area contributed by atoms with Crippen molar-refractivity contribution < 1.29 is 23.5 Å². The minimum Gasteiger partial charge on any atom is -0.478 e. The standard InChI is InChI=1S/C11H12N4O5S/c1-2-15(18)21(19,20)10-3-9(5-12-6-10)14-7-8(4-13-14)11(16)17/h3-7,18H,2H2,1H3,(H,16,17). The zero-order chi connectivity index (χ0) is 15.6. The average molecular weight is 312 g/mol. The Hall–Kier alpha value is -2.30. The van der Waals surface area contributed by atoms with Gasteiger partial charge in [-0.2, -0.15) is 5.10 Å². The van der Waals surface area contributed by atoms with Crippen molar-refractivity contribution in [3.8, 4) is 5.69 Å². The van der Waals surface area contributed by atoms with E-state index < -0.39 is 16.0 Å². The number of rotatable bonds is 5. The zero-order valence-electron chi connectivity index (χ0n) is 10.9. The number of aromatic nitrogens is 3. The molecule has 0 radical (unpaired) electrons. The average Bonchev–Trinajstić information content (AvgIpc) is 2.96. The van der Waals surface area contributed by atoms with Gasteiger partial charge in [-0.25, -0.2) is 17.9 Å². The van der Waals surface area contributed by atoms with Gasteiger partial charge >= 0.3 is 5.97 Å². The second-order valence-corrected chi connectivity index (χ2v) is 5.84. The maximum atomic E-state index is 12.0. The van der Waals surface area contributed by atoms with Gasteiger partial charge in [0.2, 0.25) is 0 Å². The fourth-order valence-corrected chi connectivity index (χ4v) is 2.59. The summed E-state index contributed by atoms with van der Waals surface area (Å²) in [5.41, 5.74) is 0.216. The summed E-state index contributed by atoms with van der Waals surface area (Å²) in [6, 6.07) is 1.24. The minimum atomic E-state index is -4.06. The molecule has 10 heteroatoms. The van der Waals surface area contributed by atoms with Crippen LogP contribution in [0.3, 0.4) is 0 Å². The Labute approximate surface area is 120 Å². The molecule has 9 nitrogen and oxygen atoms in total. The summed E-state index contributed by atoms with van der Waals surface area (Å²) < 4.78 is 25.3. The molecule has 2 aromatic rings. The number of carboxylic acid groups (broad SMARTS) is 1. The molecule has 0 aliphatic carbocycles. The van der Waals surface area contributed by atoms with Crippen LogP contribution in [-0.2, 0) is 10.0 Å². The topological polar surface area (TPSA) is 126 Å². The molecule has 21 heavy (non-hydrogen) atoms. The Kier molecular flexibility index (Phi) is 4.02. The molecule has 2 N–H and O–H groups in total. The highest BCUT2D eigenvalue weighted by Gasteiger charge is 2.22. The third kappa shape index (κ3) is 2.91. The predicted molar refractivity (Wildman–Crippen MR) is 69.7 cm³/mol. The number of nitrogens with zero attached hydrogens (tertiary/aromatic N) is 4. The molecule has 0 unspecified atom stereocenters. The number of aromatic carboxylic acids is 1. The van der Waals surface area contributed by atoms with Crippen molar-refractivity contribution in [3.05, 3.63) is 36.4 Å². The van der Waals surface area contributed by atoms with Crippen LogP contribution in [0.2, 0.25) is 0 Å². The largest absolute Gasteiger partial charge is 0.478 e. The molecule has 0 saturated heterocycles. The van der Waals surface area contributed by atoms with Crippen LogP contribution in [0, 0.1) is 0 Å². The number of hydrogen-bond acceptors (Lipinski definition) is 6. The maximum absolute atomic E-state index is 12.0. The SMILES string of the molecule is CCN(O)S(=O)(=O)c1cncc(-n2cc(C(=O)O)cn2)c1. The van der Waals surface area contributed by atoms with E-state index in [4.69, 9.17) is 5.11 Å². The lowest BCUT2D eigenvalue weighted by molar-refractivity contribution is 0.00855. The van der Waals surface area contributed by atoms with Crippen molar-refractivity contribution in [2.24, 2.45) is 0 Å². The molecule has 0 atom stereocenters. The molecule has 2 rings (SSSR count). The Balaban J connectivity index is 2.44. The summed E-state index contributed by atoms with van der Waals surface area (Å²) in [6.07, 6.45) is 4.77. The van der Waals surface area contributed by atoms with Crippen molar-refractivity contribution >= 4 is 16.0 Å². The van der Waals surface area contributed by atoms with E-state index in [1.54, 1.807) is 0 Å². The number of carbonyl (C=O) groups is 1.